The third kappa shape index (κ3) is 3.87. The molecule has 0 aliphatic heterocycles. The van der Waals surface area contributed by atoms with Crippen LogP contribution in [0.3, 0.4) is 0 Å². The summed E-state index contributed by atoms with van der Waals surface area (Å²) in [7, 11) is -2.39. The summed E-state index contributed by atoms with van der Waals surface area (Å²) in [5.74, 6) is -1.47. The lowest BCUT2D eigenvalue weighted by Crippen LogP contribution is -2.20. The van der Waals surface area contributed by atoms with Gasteiger partial charge in [0.2, 0.25) is 10.0 Å². The van der Waals surface area contributed by atoms with Crippen LogP contribution < -0.4 is 10.0 Å². The molecule has 0 fully saturated rings. The van der Waals surface area contributed by atoms with Crippen LogP contribution in [0.5, 0.6) is 0 Å². The van der Waals surface area contributed by atoms with Crippen molar-refractivity contribution in [2.75, 3.05) is 12.4 Å². The highest BCUT2D eigenvalue weighted by atomic mass is 35.5. The van der Waals surface area contributed by atoms with E-state index in [1.165, 1.54) is 19.2 Å². The van der Waals surface area contributed by atoms with Gasteiger partial charge in [0, 0.05) is 5.69 Å². The fourth-order valence-corrected chi connectivity index (χ4v) is 3.44. The van der Waals surface area contributed by atoms with Crippen molar-refractivity contribution in [2.24, 2.45) is 0 Å². The van der Waals surface area contributed by atoms with Crippen molar-refractivity contribution >= 4 is 44.8 Å². The number of aryl methyl sites for hydroxylation is 1. The number of halogens is 3. The molecule has 0 atom stereocenters. The molecule has 0 unspecified atom stereocenters. The number of sulfonamides is 1. The molecule has 0 spiro atoms. The van der Waals surface area contributed by atoms with Gasteiger partial charge in [-0.15, -0.1) is 0 Å². The quantitative estimate of drug-likeness (QED) is 0.783. The van der Waals surface area contributed by atoms with Gasteiger partial charge in [-0.2, -0.15) is 0 Å². The first-order valence-electron chi connectivity index (χ1n) is 6.66. The molecule has 0 saturated carbocycles. The Bertz CT molecular complexity index is 917. The number of nitrogens with one attached hydrogen (secondary N) is 2. The molecule has 2 N–H and O–H groups in total. The summed E-state index contributed by atoms with van der Waals surface area (Å²) in [5.41, 5.74) is 0.626. The molecule has 5 nitrogen and oxygen atoms in total. The lowest BCUT2D eigenvalue weighted by atomic mass is 10.2. The maximum absolute atomic E-state index is 13.5. The highest BCUT2D eigenvalue weighted by molar-refractivity contribution is 7.89. The lowest BCUT2D eigenvalue weighted by molar-refractivity contribution is 0.102. The third-order valence-electron chi connectivity index (χ3n) is 3.26. The van der Waals surface area contributed by atoms with Crippen molar-refractivity contribution in [3.05, 3.63) is 57.3 Å². The standard InChI is InChI=1S/C15H13Cl2FN2O3S/c1-8-3-4-9(5-14(8)24(22,23)19-2)20-15(21)10-6-13(18)12(17)7-11(10)16/h3-7,19H,1-2H3,(H,20,21). The molecular weight excluding hydrogens is 378 g/mol. The zero-order valence-electron chi connectivity index (χ0n) is 12.7. The maximum Gasteiger partial charge on any atom is 0.257 e. The summed E-state index contributed by atoms with van der Waals surface area (Å²) in [6.45, 7) is 1.63. The van der Waals surface area contributed by atoms with Crippen LogP contribution in [0, 0.1) is 12.7 Å². The van der Waals surface area contributed by atoms with E-state index in [0.717, 1.165) is 12.1 Å². The predicted molar refractivity (Wildman–Crippen MR) is 91.8 cm³/mol. The first kappa shape index (κ1) is 18.7. The summed E-state index contributed by atoms with van der Waals surface area (Å²) in [6.07, 6.45) is 0. The fraction of sp³-hybridized carbons (Fsp3) is 0.133. The van der Waals surface area contributed by atoms with Crippen LogP contribution in [0.2, 0.25) is 10.0 Å². The van der Waals surface area contributed by atoms with Gasteiger partial charge in [0.25, 0.3) is 5.91 Å². The summed E-state index contributed by atoms with van der Waals surface area (Å²) in [4.78, 5) is 12.3. The monoisotopic (exact) mass is 390 g/mol. The Labute approximate surface area is 148 Å². The SMILES string of the molecule is CNS(=O)(=O)c1cc(NC(=O)c2cc(F)c(Cl)cc2Cl)ccc1C. The smallest absolute Gasteiger partial charge is 0.257 e. The molecule has 9 heteroatoms. The minimum atomic E-state index is -3.68. The van der Waals surface area contributed by atoms with Crippen LogP contribution in [-0.4, -0.2) is 21.4 Å². The van der Waals surface area contributed by atoms with Crippen LogP contribution in [0.1, 0.15) is 15.9 Å². The van der Waals surface area contributed by atoms with Crippen LogP contribution in [0.4, 0.5) is 10.1 Å². The van der Waals surface area contributed by atoms with Gasteiger partial charge in [0.05, 0.1) is 20.5 Å². The Hall–Kier alpha value is -1.67. The van der Waals surface area contributed by atoms with Gasteiger partial charge in [-0.05, 0) is 43.8 Å². The number of carbonyl (C=O) groups is 1. The van der Waals surface area contributed by atoms with Crippen LogP contribution in [0.25, 0.3) is 0 Å². The van der Waals surface area contributed by atoms with Gasteiger partial charge in [0.15, 0.2) is 0 Å². The molecule has 2 rings (SSSR count). The fourth-order valence-electron chi connectivity index (χ4n) is 1.97. The molecule has 1 amide bonds. The van der Waals surface area contributed by atoms with Gasteiger partial charge in [-0.25, -0.2) is 17.5 Å². The Kier molecular flexibility index (Phi) is 5.49. The number of hydrogen-bond donors (Lipinski definition) is 2. The van der Waals surface area contributed by atoms with E-state index in [4.69, 9.17) is 23.2 Å². The van der Waals surface area contributed by atoms with Gasteiger partial charge in [0.1, 0.15) is 5.82 Å². The molecular formula is C15H13Cl2FN2O3S. The van der Waals surface area contributed by atoms with E-state index < -0.39 is 21.7 Å². The third-order valence-corrected chi connectivity index (χ3v) is 5.42. The summed E-state index contributed by atoms with van der Waals surface area (Å²) < 4.78 is 39.6. The number of benzene rings is 2. The van der Waals surface area contributed by atoms with E-state index >= 15 is 0 Å². The molecule has 128 valence electrons. The van der Waals surface area contributed by atoms with E-state index in [9.17, 15) is 17.6 Å². The topological polar surface area (TPSA) is 75.3 Å². The van der Waals surface area contributed by atoms with Crippen molar-refractivity contribution in [3.63, 3.8) is 0 Å². The van der Waals surface area contributed by atoms with Crippen molar-refractivity contribution in [2.45, 2.75) is 11.8 Å². The molecule has 0 aromatic heterocycles. The number of carbonyl (C=O) groups excluding carboxylic acids is 1. The summed E-state index contributed by atoms with van der Waals surface area (Å²) in [6, 6.07) is 6.42. The summed E-state index contributed by atoms with van der Waals surface area (Å²) in [5, 5.41) is 2.27. The molecule has 0 bridgehead atoms. The molecule has 0 aliphatic rings. The van der Waals surface area contributed by atoms with Crippen molar-refractivity contribution in [3.8, 4) is 0 Å². The first-order chi connectivity index (χ1) is 11.2. The van der Waals surface area contributed by atoms with E-state index in [1.54, 1.807) is 13.0 Å². The highest BCUT2D eigenvalue weighted by Crippen LogP contribution is 2.26. The van der Waals surface area contributed by atoms with Gasteiger partial charge in [-0.1, -0.05) is 29.3 Å². The summed E-state index contributed by atoms with van der Waals surface area (Å²) >= 11 is 11.5. The van der Waals surface area contributed by atoms with Crippen molar-refractivity contribution < 1.29 is 17.6 Å². The second-order valence-electron chi connectivity index (χ2n) is 4.89. The largest absolute Gasteiger partial charge is 0.322 e. The van der Waals surface area contributed by atoms with Gasteiger partial charge >= 0.3 is 0 Å². The lowest BCUT2D eigenvalue weighted by Gasteiger charge is -2.11. The second kappa shape index (κ2) is 7.06. The zero-order chi connectivity index (χ0) is 18.1. The van der Waals surface area contributed by atoms with Crippen molar-refractivity contribution in [1.29, 1.82) is 0 Å². The second-order valence-corrected chi connectivity index (χ2v) is 7.56. The molecule has 0 radical (unpaired) electrons. The van der Waals surface area contributed by atoms with Crippen LogP contribution in [-0.2, 0) is 10.0 Å². The van der Waals surface area contributed by atoms with Gasteiger partial charge in [-0.3, -0.25) is 4.79 Å². The molecule has 2 aromatic carbocycles. The Balaban J connectivity index is 2.37. The predicted octanol–water partition coefficient (Wildman–Crippen LogP) is 3.60. The maximum atomic E-state index is 13.5. The average Bonchev–Trinajstić information content (AvgIpc) is 2.52. The first-order valence-corrected chi connectivity index (χ1v) is 8.89. The van der Waals surface area contributed by atoms with Crippen LogP contribution >= 0.6 is 23.2 Å². The number of anilines is 1. The van der Waals surface area contributed by atoms with Gasteiger partial charge < -0.3 is 5.32 Å². The number of hydrogen-bond acceptors (Lipinski definition) is 3. The van der Waals surface area contributed by atoms with E-state index in [-0.39, 0.29) is 26.2 Å². The molecule has 0 saturated heterocycles. The van der Waals surface area contributed by atoms with Crippen molar-refractivity contribution in [1.82, 2.24) is 4.72 Å². The van der Waals surface area contributed by atoms with E-state index in [2.05, 4.69) is 10.0 Å². The molecule has 0 heterocycles. The molecule has 24 heavy (non-hydrogen) atoms. The van der Waals surface area contributed by atoms with Crippen LogP contribution in [0.15, 0.2) is 35.2 Å². The Morgan fingerprint density at radius 2 is 1.79 bits per heavy atom. The number of rotatable bonds is 4. The Morgan fingerprint density at radius 1 is 1.12 bits per heavy atom. The molecule has 0 aliphatic carbocycles. The van der Waals surface area contributed by atoms with E-state index in [1.807, 2.05) is 0 Å². The Morgan fingerprint density at radius 3 is 2.42 bits per heavy atom. The highest BCUT2D eigenvalue weighted by Gasteiger charge is 2.18. The van der Waals surface area contributed by atoms with E-state index in [0.29, 0.717) is 5.56 Å². The average molecular weight is 391 g/mol. The minimum absolute atomic E-state index is 0.0194. The zero-order valence-corrected chi connectivity index (χ0v) is 15.0. The normalized spacial score (nSPS) is 11.4. The molecule has 2 aromatic rings. The number of amides is 1. The minimum Gasteiger partial charge on any atom is -0.322 e.